The van der Waals surface area contributed by atoms with Crippen LogP contribution in [0.15, 0.2) is 48.5 Å². The first-order chi connectivity index (χ1) is 13.6. The van der Waals surface area contributed by atoms with Gasteiger partial charge in [-0.2, -0.15) is 13.2 Å². The topological polar surface area (TPSA) is 70.7 Å². The Hall–Kier alpha value is -3.07. The van der Waals surface area contributed by atoms with Gasteiger partial charge in [0.05, 0.1) is 30.9 Å². The monoisotopic (exact) mass is 409 g/mol. The Balaban J connectivity index is 1.97. The summed E-state index contributed by atoms with van der Waals surface area (Å²) in [6.07, 6.45) is -4.58. The molecule has 2 amide bonds. The van der Waals surface area contributed by atoms with Crippen molar-refractivity contribution >= 4 is 23.2 Å². The smallest absolute Gasteiger partial charge is 0.418 e. The average molecular weight is 409 g/mol. The lowest BCUT2D eigenvalue weighted by atomic mass is 10.1. The molecule has 0 unspecified atom stereocenters. The zero-order valence-corrected chi connectivity index (χ0v) is 16.2. The molecule has 0 aliphatic carbocycles. The van der Waals surface area contributed by atoms with Crippen LogP contribution in [0.1, 0.15) is 12.5 Å². The van der Waals surface area contributed by atoms with E-state index in [-0.39, 0.29) is 18.1 Å². The second-order valence-electron chi connectivity index (χ2n) is 6.40. The van der Waals surface area contributed by atoms with Crippen molar-refractivity contribution in [2.45, 2.75) is 19.1 Å². The molecule has 0 spiro atoms. The summed E-state index contributed by atoms with van der Waals surface area (Å²) in [5.41, 5.74) is -0.732. The van der Waals surface area contributed by atoms with E-state index < -0.39 is 23.7 Å². The Morgan fingerprint density at radius 2 is 1.79 bits per heavy atom. The molecule has 0 aromatic heterocycles. The highest BCUT2D eigenvalue weighted by Gasteiger charge is 2.33. The molecule has 6 nitrogen and oxygen atoms in total. The number of anilines is 2. The Morgan fingerprint density at radius 1 is 1.10 bits per heavy atom. The van der Waals surface area contributed by atoms with Crippen LogP contribution in [0, 0.1) is 0 Å². The molecule has 156 valence electrons. The zero-order chi connectivity index (χ0) is 21.6. The molecule has 2 aromatic rings. The number of alkyl halides is 3. The largest absolute Gasteiger partial charge is 0.497 e. The number of rotatable bonds is 7. The molecule has 2 N–H and O–H groups in total. The van der Waals surface area contributed by atoms with Gasteiger partial charge in [0.1, 0.15) is 5.75 Å². The summed E-state index contributed by atoms with van der Waals surface area (Å²) in [4.78, 5) is 26.0. The quantitative estimate of drug-likeness (QED) is 0.733. The third-order valence-corrected chi connectivity index (χ3v) is 4.28. The molecular weight excluding hydrogens is 387 g/mol. The molecule has 0 radical (unpaired) electrons. The van der Waals surface area contributed by atoms with E-state index in [2.05, 4.69) is 10.6 Å². The SMILES string of the molecule is COc1cccc(NC(=O)[C@H](C)N(C)CC(=O)Nc2ccccc2C(F)(F)F)c1. The van der Waals surface area contributed by atoms with Gasteiger partial charge in [0, 0.05) is 11.8 Å². The number of hydrogen-bond acceptors (Lipinski definition) is 4. The number of hydrogen-bond donors (Lipinski definition) is 2. The average Bonchev–Trinajstić information content (AvgIpc) is 2.66. The van der Waals surface area contributed by atoms with Crippen molar-refractivity contribution in [3.8, 4) is 5.75 Å². The van der Waals surface area contributed by atoms with Gasteiger partial charge in [-0.05, 0) is 38.2 Å². The van der Waals surface area contributed by atoms with Crippen LogP contribution in [-0.2, 0) is 15.8 Å². The lowest BCUT2D eigenvalue weighted by molar-refractivity contribution is -0.137. The van der Waals surface area contributed by atoms with Gasteiger partial charge in [-0.1, -0.05) is 18.2 Å². The zero-order valence-electron chi connectivity index (χ0n) is 16.2. The maximum Gasteiger partial charge on any atom is 0.418 e. The third-order valence-electron chi connectivity index (χ3n) is 4.28. The first kappa shape index (κ1) is 22.2. The minimum atomic E-state index is -4.58. The fraction of sp³-hybridized carbons (Fsp3) is 0.300. The second-order valence-corrected chi connectivity index (χ2v) is 6.40. The van der Waals surface area contributed by atoms with Crippen LogP contribution < -0.4 is 15.4 Å². The Bertz CT molecular complexity index is 871. The highest BCUT2D eigenvalue weighted by molar-refractivity contribution is 5.96. The van der Waals surface area contributed by atoms with Gasteiger partial charge < -0.3 is 15.4 Å². The molecule has 29 heavy (non-hydrogen) atoms. The molecule has 1 atom stereocenters. The summed E-state index contributed by atoms with van der Waals surface area (Å²) in [6, 6.07) is 10.8. The summed E-state index contributed by atoms with van der Waals surface area (Å²) >= 11 is 0. The molecule has 0 aliphatic heterocycles. The number of carbonyl (C=O) groups excluding carboxylic acids is 2. The van der Waals surface area contributed by atoms with Crippen LogP contribution in [0.4, 0.5) is 24.5 Å². The summed E-state index contributed by atoms with van der Waals surface area (Å²) in [6.45, 7) is 1.32. The van der Waals surface area contributed by atoms with Crippen molar-refractivity contribution in [3.63, 3.8) is 0 Å². The number of nitrogens with zero attached hydrogens (tertiary/aromatic N) is 1. The minimum Gasteiger partial charge on any atom is -0.497 e. The third kappa shape index (κ3) is 6.21. The Morgan fingerprint density at radius 3 is 2.45 bits per heavy atom. The number of amides is 2. The van der Waals surface area contributed by atoms with Crippen LogP contribution in [0.25, 0.3) is 0 Å². The van der Waals surface area contributed by atoms with Crippen molar-refractivity contribution in [3.05, 3.63) is 54.1 Å². The first-order valence-electron chi connectivity index (χ1n) is 8.73. The van der Waals surface area contributed by atoms with Gasteiger partial charge in [0.15, 0.2) is 0 Å². The highest BCUT2D eigenvalue weighted by Crippen LogP contribution is 2.34. The molecule has 0 saturated carbocycles. The number of halogens is 3. The van der Waals surface area contributed by atoms with Gasteiger partial charge in [0.2, 0.25) is 11.8 Å². The standard InChI is InChI=1S/C20H22F3N3O3/c1-13(19(28)24-14-7-6-8-15(11-14)29-3)26(2)12-18(27)25-17-10-5-4-9-16(17)20(21,22)23/h4-11,13H,12H2,1-3H3,(H,24,28)(H,25,27)/t13-/m0/s1. The molecule has 9 heteroatoms. The van der Waals surface area contributed by atoms with Crippen molar-refractivity contribution in [2.75, 3.05) is 31.3 Å². The van der Waals surface area contributed by atoms with Gasteiger partial charge >= 0.3 is 6.18 Å². The Kier molecular flexibility index (Phi) is 7.22. The molecule has 2 rings (SSSR count). The van der Waals surface area contributed by atoms with Crippen molar-refractivity contribution in [1.82, 2.24) is 4.90 Å². The van der Waals surface area contributed by atoms with Crippen molar-refractivity contribution < 1.29 is 27.5 Å². The van der Waals surface area contributed by atoms with Crippen LogP contribution in [-0.4, -0.2) is 43.5 Å². The summed E-state index contributed by atoms with van der Waals surface area (Å²) < 4.78 is 44.2. The van der Waals surface area contributed by atoms with Crippen LogP contribution >= 0.6 is 0 Å². The van der Waals surface area contributed by atoms with Crippen molar-refractivity contribution in [1.29, 1.82) is 0 Å². The van der Waals surface area contributed by atoms with Gasteiger partial charge in [-0.15, -0.1) is 0 Å². The maximum absolute atomic E-state index is 13.0. The van der Waals surface area contributed by atoms with Crippen LogP contribution in [0.2, 0.25) is 0 Å². The predicted octanol–water partition coefficient (Wildman–Crippen LogP) is 3.61. The Labute approximate surface area is 166 Å². The summed E-state index contributed by atoms with van der Waals surface area (Å²) in [7, 11) is 3.04. The number of methoxy groups -OCH3 is 1. The predicted molar refractivity (Wildman–Crippen MR) is 104 cm³/mol. The van der Waals surface area contributed by atoms with E-state index in [0.29, 0.717) is 11.4 Å². The van der Waals surface area contributed by atoms with Crippen molar-refractivity contribution in [2.24, 2.45) is 0 Å². The van der Waals surface area contributed by atoms with Crippen LogP contribution in [0.5, 0.6) is 5.75 Å². The van der Waals surface area contributed by atoms with E-state index in [4.69, 9.17) is 4.74 Å². The maximum atomic E-state index is 13.0. The lowest BCUT2D eigenvalue weighted by Gasteiger charge is -2.23. The van der Waals surface area contributed by atoms with E-state index in [1.807, 2.05) is 0 Å². The van der Waals surface area contributed by atoms with E-state index in [0.717, 1.165) is 6.07 Å². The molecule has 0 saturated heterocycles. The van der Waals surface area contributed by atoms with Gasteiger partial charge in [0.25, 0.3) is 0 Å². The molecule has 2 aromatic carbocycles. The molecule has 0 aliphatic rings. The fourth-order valence-corrected chi connectivity index (χ4v) is 2.54. The first-order valence-corrected chi connectivity index (χ1v) is 8.73. The molecule has 0 heterocycles. The summed E-state index contributed by atoms with van der Waals surface area (Å²) in [5.74, 6) is -0.457. The fourth-order valence-electron chi connectivity index (χ4n) is 2.54. The lowest BCUT2D eigenvalue weighted by Crippen LogP contribution is -2.43. The molecular formula is C20H22F3N3O3. The minimum absolute atomic E-state index is 0.265. The normalized spacial score (nSPS) is 12.4. The number of benzene rings is 2. The van der Waals surface area contributed by atoms with E-state index in [9.17, 15) is 22.8 Å². The van der Waals surface area contributed by atoms with Crippen LogP contribution in [0.3, 0.4) is 0 Å². The number of para-hydroxylation sites is 1. The van der Waals surface area contributed by atoms with E-state index >= 15 is 0 Å². The molecule has 0 bridgehead atoms. The number of nitrogens with one attached hydrogen (secondary N) is 2. The number of likely N-dealkylation sites (N-methyl/N-ethyl adjacent to an activating group) is 1. The van der Waals surface area contributed by atoms with Gasteiger partial charge in [-0.3, -0.25) is 14.5 Å². The van der Waals surface area contributed by atoms with Gasteiger partial charge in [-0.25, -0.2) is 0 Å². The second kappa shape index (κ2) is 9.42. The van der Waals surface area contributed by atoms with E-state index in [1.165, 1.54) is 37.3 Å². The molecule has 0 fully saturated rings. The number of carbonyl (C=O) groups is 2. The highest BCUT2D eigenvalue weighted by atomic mass is 19.4. The summed E-state index contributed by atoms with van der Waals surface area (Å²) in [5, 5.41) is 4.97. The number of ether oxygens (including phenoxy) is 1. The van der Waals surface area contributed by atoms with E-state index in [1.54, 1.807) is 31.2 Å².